The van der Waals surface area contributed by atoms with Gasteiger partial charge in [-0.1, -0.05) is 49.0 Å². The Balaban J connectivity index is 1.71. The Kier molecular flexibility index (Phi) is 3.84. The lowest BCUT2D eigenvalue weighted by Crippen LogP contribution is -2.21. The van der Waals surface area contributed by atoms with Gasteiger partial charge in [-0.05, 0) is 29.3 Å². The van der Waals surface area contributed by atoms with Crippen LogP contribution in [-0.4, -0.2) is 24.8 Å². The van der Waals surface area contributed by atoms with Crippen molar-refractivity contribution in [2.24, 2.45) is 0 Å². The molecule has 0 N–H and O–H groups in total. The van der Waals surface area contributed by atoms with Gasteiger partial charge < -0.3 is 9.47 Å². The molecule has 1 saturated heterocycles. The van der Waals surface area contributed by atoms with Crippen molar-refractivity contribution in [2.45, 2.75) is 12.2 Å². The summed E-state index contributed by atoms with van der Waals surface area (Å²) in [6.45, 7) is 4.29. The van der Waals surface area contributed by atoms with Crippen LogP contribution in [0.2, 0.25) is 0 Å². The van der Waals surface area contributed by atoms with E-state index in [1.54, 1.807) is 18.2 Å². The molecule has 0 aromatic heterocycles. The Morgan fingerprint density at radius 2 is 1.76 bits per heavy atom. The van der Waals surface area contributed by atoms with Gasteiger partial charge in [-0.15, -0.1) is 0 Å². The van der Waals surface area contributed by atoms with Gasteiger partial charge in [0.2, 0.25) is 0 Å². The van der Waals surface area contributed by atoms with E-state index in [0.29, 0.717) is 12.2 Å². The highest BCUT2D eigenvalue weighted by Gasteiger charge is 2.33. The van der Waals surface area contributed by atoms with E-state index in [0.717, 1.165) is 11.1 Å². The summed E-state index contributed by atoms with van der Waals surface area (Å²) in [5, 5.41) is 0. The molecule has 3 heteroatoms. The molecule has 3 rings (SSSR count). The molecule has 2 unspecified atom stereocenters. The number of rotatable bonds is 5. The van der Waals surface area contributed by atoms with Crippen molar-refractivity contribution in [1.29, 1.82) is 0 Å². The first-order valence-corrected chi connectivity index (χ1v) is 6.88. The number of hydrogen-bond acceptors (Lipinski definition) is 3. The van der Waals surface area contributed by atoms with Crippen LogP contribution in [0.25, 0.3) is 11.1 Å². The van der Waals surface area contributed by atoms with Crippen molar-refractivity contribution in [3.8, 4) is 11.1 Å². The van der Waals surface area contributed by atoms with Gasteiger partial charge >= 0.3 is 5.97 Å². The third-order valence-electron chi connectivity index (χ3n) is 3.43. The summed E-state index contributed by atoms with van der Waals surface area (Å²) in [7, 11) is 0. The first kappa shape index (κ1) is 13.6. The summed E-state index contributed by atoms with van der Waals surface area (Å²) in [4.78, 5) is 12.1. The molecule has 106 valence electrons. The standard InChI is InChI=1S/C18H16O3/c1-2-16(17-12-20-17)21-18(19)15-10-8-14(9-11-15)13-6-4-3-5-7-13/h2-11,16-17H,1,12H2. The SMILES string of the molecule is C=CC(OC(=O)c1ccc(-c2ccccc2)cc1)C1CO1. The second-order valence-electron chi connectivity index (χ2n) is 4.92. The van der Waals surface area contributed by atoms with E-state index in [1.807, 2.05) is 42.5 Å². The van der Waals surface area contributed by atoms with E-state index in [4.69, 9.17) is 9.47 Å². The number of carbonyl (C=O) groups is 1. The van der Waals surface area contributed by atoms with Crippen LogP contribution in [0.3, 0.4) is 0 Å². The van der Waals surface area contributed by atoms with Crippen LogP contribution in [0, 0.1) is 0 Å². The summed E-state index contributed by atoms with van der Waals surface area (Å²) in [5.41, 5.74) is 2.72. The van der Waals surface area contributed by atoms with Gasteiger partial charge in [0.05, 0.1) is 12.2 Å². The Morgan fingerprint density at radius 1 is 1.14 bits per heavy atom. The molecule has 0 aliphatic carbocycles. The van der Waals surface area contributed by atoms with Crippen molar-refractivity contribution in [3.63, 3.8) is 0 Å². The maximum Gasteiger partial charge on any atom is 0.338 e. The Hall–Kier alpha value is -2.39. The monoisotopic (exact) mass is 280 g/mol. The molecule has 1 fully saturated rings. The fourth-order valence-corrected chi connectivity index (χ4v) is 2.14. The quantitative estimate of drug-likeness (QED) is 0.478. The molecule has 1 aliphatic rings. The van der Waals surface area contributed by atoms with Gasteiger partial charge in [0.15, 0.2) is 0 Å². The van der Waals surface area contributed by atoms with Crippen molar-refractivity contribution in [3.05, 3.63) is 72.8 Å². The van der Waals surface area contributed by atoms with Gasteiger partial charge in [0, 0.05) is 0 Å². The Morgan fingerprint density at radius 3 is 2.33 bits per heavy atom. The number of hydrogen-bond donors (Lipinski definition) is 0. The van der Waals surface area contributed by atoms with E-state index in [2.05, 4.69) is 6.58 Å². The fraction of sp³-hybridized carbons (Fsp3) is 0.167. The Bertz CT molecular complexity index is 627. The van der Waals surface area contributed by atoms with Gasteiger partial charge in [0.1, 0.15) is 12.2 Å². The first-order valence-electron chi connectivity index (χ1n) is 6.88. The molecule has 3 nitrogen and oxygen atoms in total. The zero-order chi connectivity index (χ0) is 14.7. The highest BCUT2D eigenvalue weighted by Crippen LogP contribution is 2.22. The zero-order valence-corrected chi connectivity index (χ0v) is 11.6. The molecule has 2 aromatic rings. The molecular formula is C18H16O3. The predicted octanol–water partition coefficient (Wildman–Crippen LogP) is 3.46. The molecular weight excluding hydrogens is 264 g/mol. The maximum absolute atomic E-state index is 12.1. The molecule has 2 atom stereocenters. The molecule has 0 radical (unpaired) electrons. The fourth-order valence-electron chi connectivity index (χ4n) is 2.14. The van der Waals surface area contributed by atoms with E-state index in [-0.39, 0.29) is 18.2 Å². The second-order valence-corrected chi connectivity index (χ2v) is 4.92. The van der Waals surface area contributed by atoms with Gasteiger partial charge in [-0.3, -0.25) is 0 Å². The van der Waals surface area contributed by atoms with Crippen molar-refractivity contribution in [1.82, 2.24) is 0 Å². The molecule has 0 amide bonds. The zero-order valence-electron chi connectivity index (χ0n) is 11.6. The van der Waals surface area contributed by atoms with Crippen LogP contribution in [0.4, 0.5) is 0 Å². The maximum atomic E-state index is 12.1. The third kappa shape index (κ3) is 3.20. The van der Waals surface area contributed by atoms with Crippen LogP contribution in [0.5, 0.6) is 0 Å². The van der Waals surface area contributed by atoms with E-state index in [1.165, 1.54) is 0 Å². The molecule has 0 saturated carbocycles. The van der Waals surface area contributed by atoms with Gasteiger partial charge in [0.25, 0.3) is 0 Å². The van der Waals surface area contributed by atoms with E-state index < -0.39 is 0 Å². The summed E-state index contributed by atoms with van der Waals surface area (Å²) in [6.07, 6.45) is 1.20. The topological polar surface area (TPSA) is 38.8 Å². The largest absolute Gasteiger partial charge is 0.452 e. The lowest BCUT2D eigenvalue weighted by molar-refractivity contribution is 0.0342. The van der Waals surface area contributed by atoms with E-state index in [9.17, 15) is 4.79 Å². The highest BCUT2D eigenvalue weighted by molar-refractivity contribution is 5.90. The smallest absolute Gasteiger partial charge is 0.338 e. The molecule has 2 aromatic carbocycles. The minimum atomic E-state index is -0.369. The minimum Gasteiger partial charge on any atom is -0.452 e. The van der Waals surface area contributed by atoms with Crippen LogP contribution in [0.1, 0.15) is 10.4 Å². The van der Waals surface area contributed by atoms with Gasteiger partial charge in [-0.25, -0.2) is 4.79 Å². The second kappa shape index (κ2) is 5.94. The number of epoxide rings is 1. The summed E-state index contributed by atoms with van der Waals surface area (Å²) >= 11 is 0. The molecule has 0 spiro atoms. The van der Waals surface area contributed by atoms with Crippen LogP contribution >= 0.6 is 0 Å². The van der Waals surface area contributed by atoms with Crippen molar-refractivity contribution < 1.29 is 14.3 Å². The van der Waals surface area contributed by atoms with Crippen molar-refractivity contribution >= 4 is 5.97 Å². The number of benzene rings is 2. The predicted molar refractivity (Wildman–Crippen MR) is 81.0 cm³/mol. The molecule has 1 aliphatic heterocycles. The van der Waals surface area contributed by atoms with Crippen molar-refractivity contribution in [2.75, 3.05) is 6.61 Å². The van der Waals surface area contributed by atoms with E-state index >= 15 is 0 Å². The number of esters is 1. The highest BCUT2D eigenvalue weighted by atomic mass is 16.6. The van der Waals surface area contributed by atoms with Crippen LogP contribution in [0.15, 0.2) is 67.3 Å². The lowest BCUT2D eigenvalue weighted by Gasteiger charge is -2.11. The van der Waals surface area contributed by atoms with Crippen LogP contribution in [-0.2, 0) is 9.47 Å². The third-order valence-corrected chi connectivity index (χ3v) is 3.43. The summed E-state index contributed by atoms with van der Waals surface area (Å²) in [6, 6.07) is 17.4. The minimum absolute atomic E-state index is 0.0324. The normalized spacial score (nSPS) is 17.8. The average Bonchev–Trinajstić information content (AvgIpc) is 3.38. The Labute approximate surface area is 123 Å². The van der Waals surface area contributed by atoms with Gasteiger partial charge in [-0.2, -0.15) is 0 Å². The summed E-state index contributed by atoms with van der Waals surface area (Å²) in [5.74, 6) is -0.352. The number of carbonyl (C=O) groups excluding carboxylic acids is 1. The molecule has 21 heavy (non-hydrogen) atoms. The van der Waals surface area contributed by atoms with Crippen LogP contribution < -0.4 is 0 Å². The molecule has 1 heterocycles. The number of ether oxygens (including phenoxy) is 2. The molecule has 0 bridgehead atoms. The average molecular weight is 280 g/mol. The lowest BCUT2D eigenvalue weighted by atomic mass is 10.0. The summed E-state index contributed by atoms with van der Waals surface area (Å²) < 4.78 is 10.5. The first-order chi connectivity index (χ1) is 10.3.